The number of carboxylic acid groups (broad SMARTS) is 1. The van der Waals surface area contributed by atoms with Gasteiger partial charge in [-0.2, -0.15) is 0 Å². The number of carboxylic acids is 1. The lowest BCUT2D eigenvalue weighted by molar-refractivity contribution is -0.189. The zero-order valence-corrected chi connectivity index (χ0v) is 12.2. The molecule has 0 radical (unpaired) electrons. The van der Waals surface area contributed by atoms with Crippen molar-refractivity contribution in [2.24, 2.45) is 0 Å². The highest BCUT2D eigenvalue weighted by Crippen LogP contribution is 2.32. The van der Waals surface area contributed by atoms with Gasteiger partial charge in [-0.1, -0.05) is 30.3 Å². The van der Waals surface area contributed by atoms with Crippen molar-refractivity contribution in [1.29, 1.82) is 0 Å². The summed E-state index contributed by atoms with van der Waals surface area (Å²) in [5.41, 5.74) is -1.52. The van der Waals surface area contributed by atoms with Gasteiger partial charge in [-0.25, -0.2) is 9.89 Å². The Kier molecular flexibility index (Phi) is 4.04. The number of nitrogens with zero attached hydrogens (tertiary/aromatic N) is 3. The van der Waals surface area contributed by atoms with Crippen LogP contribution in [0.2, 0.25) is 0 Å². The minimum Gasteiger partial charge on any atom is -0.479 e. The van der Waals surface area contributed by atoms with E-state index in [0.29, 0.717) is 0 Å². The van der Waals surface area contributed by atoms with Crippen LogP contribution in [0.3, 0.4) is 0 Å². The molecule has 1 heterocycles. The Labute approximate surface area is 122 Å². The minimum atomic E-state index is -1.66. The van der Waals surface area contributed by atoms with Gasteiger partial charge < -0.3 is 9.84 Å². The number of tetrazole rings is 1. The fourth-order valence-corrected chi connectivity index (χ4v) is 2.12. The molecule has 0 saturated carbocycles. The maximum atomic E-state index is 12.0. The fraction of sp³-hybridized carbons (Fsp3) is 0.429. The van der Waals surface area contributed by atoms with Gasteiger partial charge in [0.15, 0.2) is 5.82 Å². The van der Waals surface area contributed by atoms with Crippen LogP contribution in [0.15, 0.2) is 30.3 Å². The van der Waals surface area contributed by atoms with Crippen LogP contribution >= 0.6 is 0 Å². The highest BCUT2D eigenvalue weighted by atomic mass is 16.5. The molecule has 112 valence electrons. The number of benzene rings is 1. The van der Waals surface area contributed by atoms with Gasteiger partial charge in [-0.3, -0.25) is 0 Å². The first-order chi connectivity index (χ1) is 9.83. The molecule has 7 nitrogen and oxygen atoms in total. The lowest BCUT2D eigenvalue weighted by atomic mass is 9.92. The molecule has 0 bridgehead atoms. The van der Waals surface area contributed by atoms with E-state index < -0.39 is 17.2 Å². The molecular formula is C14H18N4O3. The second-order valence-corrected chi connectivity index (χ2v) is 5.76. The largest absolute Gasteiger partial charge is 0.479 e. The van der Waals surface area contributed by atoms with E-state index in [2.05, 4.69) is 20.6 Å². The van der Waals surface area contributed by atoms with Crippen LogP contribution in [0.4, 0.5) is 0 Å². The first-order valence-corrected chi connectivity index (χ1v) is 6.55. The Balaban J connectivity index is 2.48. The summed E-state index contributed by atoms with van der Waals surface area (Å²) in [7, 11) is 0. The molecule has 1 aromatic carbocycles. The summed E-state index contributed by atoms with van der Waals surface area (Å²) < 4.78 is 5.86. The van der Waals surface area contributed by atoms with Crippen LogP contribution < -0.4 is 0 Å². The number of ether oxygens (including phenoxy) is 1. The molecule has 0 amide bonds. The summed E-state index contributed by atoms with van der Waals surface area (Å²) in [5, 5.41) is 23.0. The molecule has 0 aliphatic carbocycles. The molecule has 0 aliphatic heterocycles. The smallest absolute Gasteiger partial charge is 0.344 e. The van der Waals surface area contributed by atoms with Gasteiger partial charge in [0.25, 0.3) is 0 Å². The normalized spacial score (nSPS) is 14.6. The molecule has 1 aromatic heterocycles. The third-order valence-corrected chi connectivity index (χ3v) is 2.85. The van der Waals surface area contributed by atoms with Crippen molar-refractivity contribution < 1.29 is 14.6 Å². The minimum absolute atomic E-state index is 0.0776. The number of H-pyrrole nitrogens is 1. The van der Waals surface area contributed by atoms with E-state index >= 15 is 0 Å². The predicted octanol–water partition coefficient (Wildman–Crippen LogP) is 1.54. The maximum absolute atomic E-state index is 12.0. The Bertz CT molecular complexity index is 592. The van der Waals surface area contributed by atoms with Crippen molar-refractivity contribution in [3.63, 3.8) is 0 Å². The molecule has 1 atom stereocenters. The van der Waals surface area contributed by atoms with Crippen molar-refractivity contribution in [3.05, 3.63) is 41.7 Å². The molecule has 0 saturated heterocycles. The standard InChI is InChI=1S/C14H18N4O3/c1-13(2,3)21-14(12(19)20,11-15-17-18-16-11)9-10-7-5-4-6-8-10/h4-8H,9H2,1-3H3,(H,19,20)(H,15,16,17,18). The highest BCUT2D eigenvalue weighted by molar-refractivity contribution is 5.78. The van der Waals surface area contributed by atoms with E-state index in [-0.39, 0.29) is 12.2 Å². The quantitative estimate of drug-likeness (QED) is 0.866. The average Bonchev–Trinajstić information content (AvgIpc) is 2.91. The summed E-state index contributed by atoms with van der Waals surface area (Å²) in [4.78, 5) is 12.0. The molecule has 0 spiro atoms. The second kappa shape index (κ2) is 5.61. The molecule has 0 fully saturated rings. The monoisotopic (exact) mass is 290 g/mol. The molecule has 7 heteroatoms. The number of rotatable bonds is 5. The van der Waals surface area contributed by atoms with Crippen LogP contribution in [0.5, 0.6) is 0 Å². The number of aliphatic carboxylic acids is 1. The van der Waals surface area contributed by atoms with Crippen molar-refractivity contribution in [3.8, 4) is 0 Å². The van der Waals surface area contributed by atoms with Crippen LogP contribution in [-0.4, -0.2) is 37.3 Å². The topological polar surface area (TPSA) is 101 Å². The van der Waals surface area contributed by atoms with Gasteiger partial charge in [-0.05, 0) is 36.8 Å². The number of aromatic nitrogens is 4. The van der Waals surface area contributed by atoms with Crippen molar-refractivity contribution in [2.75, 3.05) is 0 Å². The number of hydrogen-bond donors (Lipinski definition) is 2. The lowest BCUT2D eigenvalue weighted by Crippen LogP contribution is -2.47. The Morgan fingerprint density at radius 2 is 1.95 bits per heavy atom. The highest BCUT2D eigenvalue weighted by Gasteiger charge is 2.48. The van der Waals surface area contributed by atoms with Crippen LogP contribution in [0.25, 0.3) is 0 Å². The van der Waals surface area contributed by atoms with Crippen molar-refractivity contribution in [1.82, 2.24) is 20.6 Å². The zero-order chi connectivity index (χ0) is 15.5. The van der Waals surface area contributed by atoms with Gasteiger partial charge in [0.2, 0.25) is 5.60 Å². The van der Waals surface area contributed by atoms with E-state index in [1.165, 1.54) is 0 Å². The molecule has 0 aliphatic rings. The SMILES string of the molecule is CC(C)(C)OC(Cc1ccccc1)(C(=O)O)c1nnn[nH]1. The van der Waals surface area contributed by atoms with Gasteiger partial charge in [0.1, 0.15) is 0 Å². The zero-order valence-electron chi connectivity index (χ0n) is 12.2. The van der Waals surface area contributed by atoms with Gasteiger partial charge in [0.05, 0.1) is 5.60 Å². The van der Waals surface area contributed by atoms with Crippen molar-refractivity contribution >= 4 is 5.97 Å². The Hall–Kier alpha value is -2.28. The van der Waals surface area contributed by atoms with Crippen LogP contribution in [0, 0.1) is 0 Å². The first kappa shape index (κ1) is 15.1. The molecule has 21 heavy (non-hydrogen) atoms. The number of nitrogens with one attached hydrogen (secondary N) is 1. The molecule has 2 rings (SSSR count). The van der Waals surface area contributed by atoms with Crippen molar-refractivity contribution in [2.45, 2.75) is 38.4 Å². The Morgan fingerprint density at radius 3 is 2.43 bits per heavy atom. The molecule has 2 N–H and O–H groups in total. The summed E-state index contributed by atoms with van der Waals surface area (Å²) >= 11 is 0. The third-order valence-electron chi connectivity index (χ3n) is 2.85. The molecular weight excluding hydrogens is 272 g/mol. The summed E-state index contributed by atoms with van der Waals surface area (Å²) in [6.45, 7) is 5.37. The van der Waals surface area contributed by atoms with E-state index in [0.717, 1.165) is 5.56 Å². The van der Waals surface area contributed by atoms with E-state index in [9.17, 15) is 9.90 Å². The number of aromatic amines is 1. The van der Waals surface area contributed by atoms with E-state index in [1.54, 1.807) is 20.8 Å². The first-order valence-electron chi connectivity index (χ1n) is 6.55. The Morgan fingerprint density at radius 1 is 1.29 bits per heavy atom. The maximum Gasteiger partial charge on any atom is 0.344 e. The summed E-state index contributed by atoms with van der Waals surface area (Å²) in [6, 6.07) is 9.24. The average molecular weight is 290 g/mol. The van der Waals surface area contributed by atoms with Crippen LogP contribution in [-0.2, 0) is 21.6 Å². The van der Waals surface area contributed by atoms with Gasteiger partial charge in [-0.15, -0.1) is 5.10 Å². The van der Waals surface area contributed by atoms with E-state index in [1.807, 2.05) is 30.3 Å². The number of carbonyl (C=O) groups is 1. The van der Waals surface area contributed by atoms with Crippen LogP contribution in [0.1, 0.15) is 32.2 Å². The van der Waals surface area contributed by atoms with E-state index in [4.69, 9.17) is 4.74 Å². The predicted molar refractivity (Wildman–Crippen MR) is 74.5 cm³/mol. The lowest BCUT2D eigenvalue weighted by Gasteiger charge is -2.34. The molecule has 2 aromatic rings. The van der Waals surface area contributed by atoms with Gasteiger partial charge in [0, 0.05) is 6.42 Å². The second-order valence-electron chi connectivity index (χ2n) is 5.76. The summed E-state index contributed by atoms with van der Waals surface area (Å²) in [6.07, 6.45) is 0.122. The fourth-order valence-electron chi connectivity index (χ4n) is 2.12. The molecule has 1 unspecified atom stereocenters. The number of hydrogen-bond acceptors (Lipinski definition) is 5. The third kappa shape index (κ3) is 3.43. The summed E-state index contributed by atoms with van der Waals surface area (Å²) in [5.74, 6) is -1.06. The van der Waals surface area contributed by atoms with Gasteiger partial charge >= 0.3 is 5.97 Å².